The largest absolute Gasteiger partial charge is 0.468 e. The molecule has 0 spiro atoms. The summed E-state index contributed by atoms with van der Waals surface area (Å²) in [6, 6.07) is 16.8. The van der Waals surface area contributed by atoms with Crippen LogP contribution in [0.15, 0.2) is 54.6 Å². The van der Waals surface area contributed by atoms with Crippen LogP contribution in [0.25, 0.3) is 0 Å². The van der Waals surface area contributed by atoms with Crippen molar-refractivity contribution in [1.82, 2.24) is 5.32 Å². The van der Waals surface area contributed by atoms with Gasteiger partial charge in [-0.2, -0.15) is 0 Å². The van der Waals surface area contributed by atoms with Gasteiger partial charge in [0.1, 0.15) is 11.7 Å². The molecule has 2 aliphatic rings. The third kappa shape index (κ3) is 2.42. The van der Waals surface area contributed by atoms with Crippen LogP contribution in [-0.4, -0.2) is 17.5 Å². The van der Waals surface area contributed by atoms with E-state index in [0.717, 1.165) is 11.3 Å². The van der Waals surface area contributed by atoms with Crippen molar-refractivity contribution in [1.29, 1.82) is 0 Å². The molecular formula is C19H18N2O3. The molecule has 0 aliphatic carbocycles. The fourth-order valence-electron chi connectivity index (χ4n) is 3.63. The molecule has 2 unspecified atom stereocenters. The topological polar surface area (TPSA) is 67.4 Å². The van der Waals surface area contributed by atoms with Crippen molar-refractivity contribution >= 4 is 17.5 Å². The van der Waals surface area contributed by atoms with Gasteiger partial charge in [-0.05, 0) is 30.7 Å². The Morgan fingerprint density at radius 2 is 1.88 bits per heavy atom. The van der Waals surface area contributed by atoms with Crippen molar-refractivity contribution in [3.63, 3.8) is 0 Å². The van der Waals surface area contributed by atoms with Crippen LogP contribution in [0.5, 0.6) is 5.75 Å². The molecule has 2 aromatic rings. The van der Waals surface area contributed by atoms with Gasteiger partial charge >= 0.3 is 0 Å². The Kier molecular flexibility index (Phi) is 3.30. The number of para-hydroxylation sites is 2. The van der Waals surface area contributed by atoms with Crippen LogP contribution in [0.2, 0.25) is 0 Å². The zero-order chi connectivity index (χ0) is 16.7. The maximum atomic E-state index is 12.8. The van der Waals surface area contributed by atoms with E-state index in [1.807, 2.05) is 49.4 Å². The molecule has 0 aromatic heterocycles. The highest BCUT2D eigenvalue weighted by atomic mass is 16.5. The van der Waals surface area contributed by atoms with Crippen molar-refractivity contribution in [2.45, 2.75) is 25.0 Å². The summed E-state index contributed by atoms with van der Waals surface area (Å²) >= 11 is 0. The lowest BCUT2D eigenvalue weighted by Gasteiger charge is -2.46. The molecule has 1 saturated heterocycles. The lowest BCUT2D eigenvalue weighted by atomic mass is 9.74. The van der Waals surface area contributed by atoms with E-state index in [1.165, 1.54) is 0 Å². The molecule has 2 amide bonds. The summed E-state index contributed by atoms with van der Waals surface area (Å²) in [5.74, 6) is -0.825. The molecule has 122 valence electrons. The molecule has 1 fully saturated rings. The maximum Gasteiger partial charge on any atom is 0.237 e. The maximum absolute atomic E-state index is 12.8. The Labute approximate surface area is 140 Å². The number of benzene rings is 2. The van der Waals surface area contributed by atoms with E-state index < -0.39 is 11.6 Å². The minimum Gasteiger partial charge on any atom is -0.468 e. The molecule has 2 N–H and O–H groups in total. The van der Waals surface area contributed by atoms with Crippen LogP contribution < -0.4 is 15.4 Å². The Morgan fingerprint density at radius 3 is 2.67 bits per heavy atom. The highest BCUT2D eigenvalue weighted by molar-refractivity contribution is 6.08. The smallest absolute Gasteiger partial charge is 0.237 e. The zero-order valence-electron chi connectivity index (χ0n) is 13.3. The van der Waals surface area contributed by atoms with Crippen molar-refractivity contribution < 1.29 is 14.3 Å². The number of carbonyl (C=O) groups is 2. The standard InChI is InChI=1S/C19H18N2O3/c1-19-11-14(13-9-5-6-10-15(13)24-19)16(18(23)21-19)17(22)20-12-7-3-2-4-8-12/h2-10,14,16H,11H2,1H3,(H,20,22)(H,21,23)/t14?,16?,19-/m1/s1. The number of hydrogen-bond acceptors (Lipinski definition) is 3. The summed E-state index contributed by atoms with van der Waals surface area (Å²) in [6.45, 7) is 1.85. The van der Waals surface area contributed by atoms with Gasteiger partial charge in [-0.3, -0.25) is 9.59 Å². The summed E-state index contributed by atoms with van der Waals surface area (Å²) in [7, 11) is 0. The van der Waals surface area contributed by atoms with Crippen LogP contribution >= 0.6 is 0 Å². The summed E-state index contributed by atoms with van der Waals surface area (Å²) < 4.78 is 5.94. The molecule has 0 radical (unpaired) electrons. The van der Waals surface area contributed by atoms with Crippen molar-refractivity contribution in [3.8, 4) is 5.75 Å². The first-order valence-corrected chi connectivity index (χ1v) is 8.02. The average Bonchev–Trinajstić information content (AvgIpc) is 2.54. The van der Waals surface area contributed by atoms with Gasteiger partial charge in [0.2, 0.25) is 11.8 Å². The second-order valence-corrected chi connectivity index (χ2v) is 6.50. The Hall–Kier alpha value is -2.82. The summed E-state index contributed by atoms with van der Waals surface area (Å²) in [5, 5.41) is 5.71. The molecule has 5 heteroatoms. The predicted molar refractivity (Wildman–Crippen MR) is 89.5 cm³/mol. The van der Waals surface area contributed by atoms with Gasteiger partial charge in [-0.15, -0.1) is 0 Å². The van der Waals surface area contributed by atoms with Gasteiger partial charge in [-0.25, -0.2) is 0 Å². The van der Waals surface area contributed by atoms with E-state index in [-0.39, 0.29) is 17.7 Å². The highest BCUT2D eigenvalue weighted by Crippen LogP contribution is 2.46. The lowest BCUT2D eigenvalue weighted by Crippen LogP contribution is -2.62. The van der Waals surface area contributed by atoms with Gasteiger partial charge < -0.3 is 15.4 Å². The summed E-state index contributed by atoms with van der Waals surface area (Å²) in [4.78, 5) is 25.4. The van der Waals surface area contributed by atoms with Gasteiger partial charge in [0.25, 0.3) is 0 Å². The Morgan fingerprint density at radius 1 is 1.17 bits per heavy atom. The van der Waals surface area contributed by atoms with Gasteiger partial charge in [0.15, 0.2) is 5.72 Å². The first-order chi connectivity index (χ1) is 11.6. The number of carbonyl (C=O) groups excluding carboxylic acids is 2. The predicted octanol–water partition coefficient (Wildman–Crippen LogP) is 2.65. The normalized spacial score (nSPS) is 27.5. The minimum absolute atomic E-state index is 0.197. The first-order valence-electron chi connectivity index (χ1n) is 8.02. The molecular weight excluding hydrogens is 304 g/mol. The van der Waals surface area contributed by atoms with Crippen molar-refractivity contribution in [2.24, 2.45) is 5.92 Å². The lowest BCUT2D eigenvalue weighted by molar-refractivity contribution is -0.145. The number of fused-ring (bicyclic) bond motifs is 4. The van der Waals surface area contributed by atoms with E-state index in [0.29, 0.717) is 12.1 Å². The third-order valence-electron chi connectivity index (χ3n) is 4.66. The van der Waals surface area contributed by atoms with E-state index in [1.54, 1.807) is 12.1 Å². The quantitative estimate of drug-likeness (QED) is 0.835. The van der Waals surface area contributed by atoms with Crippen LogP contribution in [-0.2, 0) is 9.59 Å². The average molecular weight is 322 g/mol. The molecule has 2 bridgehead atoms. The van der Waals surface area contributed by atoms with E-state index in [9.17, 15) is 9.59 Å². The number of amides is 2. The summed E-state index contributed by atoms with van der Waals surface area (Å²) in [6.07, 6.45) is 0.572. The number of anilines is 1. The SMILES string of the molecule is C[C@]12CC(c3ccccc3O1)C(C(=O)Nc1ccccc1)C(=O)N2. The molecule has 2 aliphatic heterocycles. The molecule has 4 rings (SSSR count). The molecule has 24 heavy (non-hydrogen) atoms. The summed E-state index contributed by atoms with van der Waals surface area (Å²) in [5.41, 5.74) is 0.835. The number of nitrogens with one attached hydrogen (secondary N) is 2. The van der Waals surface area contributed by atoms with Gasteiger partial charge in [-0.1, -0.05) is 36.4 Å². The second-order valence-electron chi connectivity index (χ2n) is 6.50. The van der Waals surface area contributed by atoms with Crippen LogP contribution in [0.3, 0.4) is 0 Å². The first kappa shape index (κ1) is 14.8. The molecule has 0 saturated carbocycles. The monoisotopic (exact) mass is 322 g/mol. The second kappa shape index (κ2) is 5.37. The van der Waals surface area contributed by atoms with E-state index >= 15 is 0 Å². The number of piperidine rings is 1. The zero-order valence-corrected chi connectivity index (χ0v) is 13.3. The highest BCUT2D eigenvalue weighted by Gasteiger charge is 2.51. The molecule has 5 nitrogen and oxygen atoms in total. The minimum atomic E-state index is -0.775. The van der Waals surface area contributed by atoms with Crippen LogP contribution in [0, 0.1) is 5.92 Å². The van der Waals surface area contributed by atoms with Crippen molar-refractivity contribution in [3.05, 3.63) is 60.2 Å². The Balaban J connectivity index is 1.69. The van der Waals surface area contributed by atoms with Gasteiger partial charge in [0, 0.05) is 18.0 Å². The fourth-order valence-corrected chi connectivity index (χ4v) is 3.63. The van der Waals surface area contributed by atoms with Crippen LogP contribution in [0.1, 0.15) is 24.8 Å². The molecule has 3 atom stereocenters. The number of ether oxygens (including phenoxy) is 1. The van der Waals surface area contributed by atoms with Crippen LogP contribution in [0.4, 0.5) is 5.69 Å². The third-order valence-corrected chi connectivity index (χ3v) is 4.66. The number of rotatable bonds is 2. The van der Waals surface area contributed by atoms with E-state index in [2.05, 4.69) is 10.6 Å². The Bertz CT molecular complexity index is 805. The fraction of sp³-hybridized carbons (Fsp3) is 0.263. The molecule has 2 heterocycles. The number of hydrogen-bond donors (Lipinski definition) is 2. The van der Waals surface area contributed by atoms with E-state index in [4.69, 9.17) is 4.74 Å². The molecule has 2 aromatic carbocycles. The van der Waals surface area contributed by atoms with Gasteiger partial charge in [0.05, 0.1) is 0 Å². The van der Waals surface area contributed by atoms with Crippen molar-refractivity contribution in [2.75, 3.05) is 5.32 Å².